The van der Waals surface area contributed by atoms with Crippen molar-refractivity contribution in [2.75, 3.05) is 13.1 Å². The van der Waals surface area contributed by atoms with Crippen LogP contribution in [0.1, 0.15) is 16.2 Å². The molecule has 2 aliphatic rings. The first-order valence-corrected chi connectivity index (χ1v) is 7.57. The van der Waals surface area contributed by atoms with Crippen molar-refractivity contribution in [1.82, 2.24) is 15.2 Å². The van der Waals surface area contributed by atoms with E-state index in [2.05, 4.69) is 10.3 Å². The highest BCUT2D eigenvalue weighted by atomic mass is 35.5. The molecule has 1 aromatic rings. The number of nitrogens with zero attached hydrogens (tertiary/aromatic N) is 1. The van der Waals surface area contributed by atoms with Crippen LogP contribution in [0.2, 0.25) is 10.0 Å². The largest absolute Gasteiger partial charge is 0.471 e. The molecule has 0 spiro atoms. The number of aromatic nitrogens is 1. The fraction of sp³-hybridized carbons (Fsp3) is 0.538. The second-order valence-corrected chi connectivity index (χ2v) is 6.54. The average Bonchev–Trinajstić information content (AvgIpc) is 2.82. The van der Waals surface area contributed by atoms with E-state index in [0.717, 1.165) is 4.90 Å². The van der Waals surface area contributed by atoms with Gasteiger partial charge in [-0.05, 0) is 6.92 Å². The first-order valence-electron chi connectivity index (χ1n) is 6.81. The zero-order valence-corrected chi connectivity index (χ0v) is 13.3. The summed E-state index contributed by atoms with van der Waals surface area (Å²) in [7, 11) is 0. The van der Waals surface area contributed by atoms with Crippen LogP contribution in [0.25, 0.3) is 0 Å². The third-order valence-electron chi connectivity index (χ3n) is 4.30. The van der Waals surface area contributed by atoms with E-state index >= 15 is 0 Å². The SMILES string of the molecule is Cc1[nH]c(C(=O)NC2[C@H]3CN(C(=O)C(F)(F)F)C[C@@H]23)c(Cl)c1Cl. The Bertz CT molecular complexity index is 677. The van der Waals surface area contributed by atoms with E-state index in [1.807, 2.05) is 0 Å². The maximum Gasteiger partial charge on any atom is 0.471 e. The molecule has 1 aromatic heterocycles. The Morgan fingerprint density at radius 1 is 1.22 bits per heavy atom. The summed E-state index contributed by atoms with van der Waals surface area (Å²) < 4.78 is 37.1. The highest BCUT2D eigenvalue weighted by Crippen LogP contribution is 2.46. The van der Waals surface area contributed by atoms with E-state index < -0.39 is 18.0 Å². The number of fused-ring (bicyclic) bond motifs is 1. The number of nitrogens with one attached hydrogen (secondary N) is 2. The van der Waals surface area contributed by atoms with E-state index in [1.54, 1.807) is 6.92 Å². The molecule has 2 fully saturated rings. The van der Waals surface area contributed by atoms with Crippen LogP contribution < -0.4 is 5.32 Å². The second-order valence-electron chi connectivity index (χ2n) is 5.79. The number of carbonyl (C=O) groups excluding carboxylic acids is 2. The molecule has 23 heavy (non-hydrogen) atoms. The number of piperidine rings is 1. The van der Waals surface area contributed by atoms with Gasteiger partial charge in [0, 0.05) is 36.7 Å². The van der Waals surface area contributed by atoms with Crippen molar-refractivity contribution in [1.29, 1.82) is 0 Å². The molecule has 0 bridgehead atoms. The summed E-state index contributed by atoms with van der Waals surface area (Å²) in [5.74, 6) is -2.60. The molecule has 1 aliphatic heterocycles. The summed E-state index contributed by atoms with van der Waals surface area (Å²) in [4.78, 5) is 26.8. The van der Waals surface area contributed by atoms with Gasteiger partial charge in [0.15, 0.2) is 0 Å². The Balaban J connectivity index is 1.59. The van der Waals surface area contributed by atoms with Gasteiger partial charge < -0.3 is 15.2 Å². The fourth-order valence-corrected chi connectivity index (χ4v) is 3.45. The van der Waals surface area contributed by atoms with Crippen LogP contribution in [0.3, 0.4) is 0 Å². The molecule has 2 N–H and O–H groups in total. The number of alkyl halides is 3. The molecule has 2 heterocycles. The molecule has 1 saturated heterocycles. The minimum atomic E-state index is -4.86. The average molecular weight is 370 g/mol. The smallest absolute Gasteiger partial charge is 0.352 e. The monoisotopic (exact) mass is 369 g/mol. The van der Waals surface area contributed by atoms with Crippen molar-refractivity contribution < 1.29 is 22.8 Å². The van der Waals surface area contributed by atoms with Crippen molar-refractivity contribution in [3.63, 3.8) is 0 Å². The summed E-state index contributed by atoms with van der Waals surface area (Å²) in [6, 6.07) is -0.252. The summed E-state index contributed by atoms with van der Waals surface area (Å²) in [6.45, 7) is 1.65. The molecular formula is C13H12Cl2F3N3O2. The normalized spacial score (nSPS) is 26.2. The van der Waals surface area contributed by atoms with Gasteiger partial charge >= 0.3 is 12.1 Å². The minimum absolute atomic E-state index is 0.00774. The van der Waals surface area contributed by atoms with Gasteiger partial charge in [0.1, 0.15) is 5.69 Å². The number of H-pyrrole nitrogens is 1. The molecule has 3 rings (SSSR count). The molecule has 1 unspecified atom stereocenters. The molecule has 1 aliphatic carbocycles. The maximum atomic E-state index is 12.4. The number of likely N-dealkylation sites (tertiary alicyclic amines) is 1. The van der Waals surface area contributed by atoms with Crippen LogP contribution in [0.15, 0.2) is 0 Å². The molecule has 0 radical (unpaired) electrons. The number of hydrogen-bond donors (Lipinski definition) is 2. The topological polar surface area (TPSA) is 65.2 Å². The number of halogens is 5. The van der Waals surface area contributed by atoms with Gasteiger partial charge in [-0.15, -0.1) is 0 Å². The molecule has 3 atom stereocenters. The van der Waals surface area contributed by atoms with Gasteiger partial charge in [-0.25, -0.2) is 0 Å². The summed E-state index contributed by atoms with van der Waals surface area (Å²) in [5.41, 5.74) is 0.683. The van der Waals surface area contributed by atoms with Gasteiger partial charge in [-0.2, -0.15) is 13.2 Å². The predicted octanol–water partition coefficient (Wildman–Crippen LogP) is 2.38. The van der Waals surface area contributed by atoms with Gasteiger partial charge in [-0.3, -0.25) is 9.59 Å². The molecule has 126 valence electrons. The van der Waals surface area contributed by atoms with Crippen molar-refractivity contribution in [2.45, 2.75) is 19.1 Å². The first kappa shape index (κ1) is 16.4. The fourth-order valence-electron chi connectivity index (χ4n) is 3.04. The van der Waals surface area contributed by atoms with Gasteiger partial charge in [-0.1, -0.05) is 23.2 Å². The maximum absolute atomic E-state index is 12.4. The standard InChI is InChI=1S/C13H12Cl2F3N3O2/c1-4-7(14)8(15)10(19-4)11(22)20-9-5-2-21(3-6(5)9)12(23)13(16,17)18/h5-6,9,19H,2-3H2,1H3,(H,20,22)/t5-,6+,9?. The minimum Gasteiger partial charge on any atom is -0.352 e. The third-order valence-corrected chi connectivity index (χ3v) is 5.25. The van der Waals surface area contributed by atoms with Gasteiger partial charge in [0.05, 0.1) is 10.0 Å². The number of rotatable bonds is 2. The third kappa shape index (κ3) is 2.78. The molecule has 0 aromatic carbocycles. The van der Waals surface area contributed by atoms with E-state index in [1.165, 1.54) is 0 Å². The van der Waals surface area contributed by atoms with E-state index in [-0.39, 0.29) is 46.7 Å². The number of aromatic amines is 1. The lowest BCUT2D eigenvalue weighted by molar-refractivity contribution is -0.184. The Kier molecular flexibility index (Phi) is 3.79. The number of amides is 2. The highest BCUT2D eigenvalue weighted by molar-refractivity contribution is 6.44. The Hall–Kier alpha value is -1.41. The van der Waals surface area contributed by atoms with E-state index in [0.29, 0.717) is 5.69 Å². The summed E-state index contributed by atoms with van der Waals surface area (Å²) in [5, 5.41) is 3.09. The van der Waals surface area contributed by atoms with Crippen molar-refractivity contribution >= 4 is 35.0 Å². The van der Waals surface area contributed by atoms with Crippen LogP contribution in [0.4, 0.5) is 13.2 Å². The zero-order valence-electron chi connectivity index (χ0n) is 11.8. The van der Waals surface area contributed by atoms with E-state index in [4.69, 9.17) is 23.2 Å². The van der Waals surface area contributed by atoms with Gasteiger partial charge in [0.25, 0.3) is 5.91 Å². The number of hydrogen-bond acceptors (Lipinski definition) is 2. The number of carbonyl (C=O) groups is 2. The lowest BCUT2D eigenvalue weighted by atomic mass is 10.3. The quantitative estimate of drug-likeness (QED) is 0.840. The molecule has 5 nitrogen and oxygen atoms in total. The van der Waals surface area contributed by atoms with Crippen LogP contribution in [-0.2, 0) is 4.79 Å². The highest BCUT2D eigenvalue weighted by Gasteiger charge is 2.60. The molecular weight excluding hydrogens is 358 g/mol. The molecule has 2 amide bonds. The number of aryl methyl sites for hydroxylation is 1. The molecule has 1 saturated carbocycles. The van der Waals surface area contributed by atoms with Gasteiger partial charge in [0.2, 0.25) is 0 Å². The Labute approximate surface area is 139 Å². The predicted molar refractivity (Wildman–Crippen MR) is 76.4 cm³/mol. The van der Waals surface area contributed by atoms with E-state index in [9.17, 15) is 22.8 Å². The summed E-state index contributed by atoms with van der Waals surface area (Å²) >= 11 is 11.8. The molecule has 10 heteroatoms. The van der Waals surface area contributed by atoms with Crippen molar-refractivity contribution in [3.8, 4) is 0 Å². The Morgan fingerprint density at radius 2 is 1.78 bits per heavy atom. The van der Waals surface area contributed by atoms with Crippen molar-refractivity contribution in [2.24, 2.45) is 11.8 Å². The lowest BCUT2D eigenvalue weighted by Crippen LogP contribution is -2.43. The van der Waals surface area contributed by atoms with Crippen LogP contribution in [-0.4, -0.2) is 47.0 Å². The lowest BCUT2D eigenvalue weighted by Gasteiger charge is -2.21. The van der Waals surface area contributed by atoms with Crippen LogP contribution in [0.5, 0.6) is 0 Å². The zero-order chi connectivity index (χ0) is 17.1. The van der Waals surface area contributed by atoms with Crippen LogP contribution in [0, 0.1) is 18.8 Å². The Morgan fingerprint density at radius 3 is 2.22 bits per heavy atom. The second kappa shape index (κ2) is 5.31. The first-order chi connectivity index (χ1) is 10.6. The summed E-state index contributed by atoms with van der Waals surface area (Å²) in [6.07, 6.45) is -4.86. The van der Waals surface area contributed by atoms with Crippen molar-refractivity contribution in [3.05, 3.63) is 21.4 Å². The van der Waals surface area contributed by atoms with Crippen LogP contribution >= 0.6 is 23.2 Å².